The topological polar surface area (TPSA) is 85.8 Å². The number of aromatic nitrogens is 5. The summed E-state index contributed by atoms with van der Waals surface area (Å²) in [6.07, 6.45) is 6.13. The Kier molecular flexibility index (Phi) is 4.27. The Hall–Kier alpha value is -2.18. The molecule has 7 heteroatoms. The molecule has 0 amide bonds. The highest BCUT2D eigenvalue weighted by atomic mass is 16.4. The fraction of sp³-hybridized carbons (Fsp3) is 0.500. The molecule has 2 rings (SSSR count). The Bertz CT molecular complexity index is 546. The van der Waals surface area contributed by atoms with E-state index in [1.807, 2.05) is 30.1 Å². The molecule has 2 heterocycles. The second kappa shape index (κ2) is 6.12. The van der Waals surface area contributed by atoms with Crippen LogP contribution in [0.3, 0.4) is 0 Å². The van der Waals surface area contributed by atoms with Gasteiger partial charge in [-0.25, -0.2) is 4.68 Å². The Morgan fingerprint density at radius 3 is 2.95 bits per heavy atom. The van der Waals surface area contributed by atoms with Crippen LogP contribution in [0.15, 0.2) is 18.5 Å². The third kappa shape index (κ3) is 3.64. The zero-order chi connectivity index (χ0) is 13.7. The lowest BCUT2D eigenvalue weighted by Crippen LogP contribution is -1.99. The van der Waals surface area contributed by atoms with Crippen molar-refractivity contribution in [2.75, 3.05) is 0 Å². The molecule has 0 spiro atoms. The van der Waals surface area contributed by atoms with Crippen molar-refractivity contribution in [2.24, 2.45) is 0 Å². The molecule has 0 aromatic carbocycles. The molecule has 0 atom stereocenters. The molecule has 0 unspecified atom stereocenters. The van der Waals surface area contributed by atoms with Gasteiger partial charge in [-0.3, -0.25) is 9.48 Å². The van der Waals surface area contributed by atoms with E-state index in [9.17, 15) is 4.79 Å². The molecule has 102 valence electrons. The number of rotatable bonds is 7. The Morgan fingerprint density at radius 2 is 2.26 bits per heavy atom. The van der Waals surface area contributed by atoms with Gasteiger partial charge in [0.25, 0.3) is 0 Å². The summed E-state index contributed by atoms with van der Waals surface area (Å²) < 4.78 is 3.46. The first-order chi connectivity index (χ1) is 9.19. The first-order valence-electron chi connectivity index (χ1n) is 6.36. The van der Waals surface area contributed by atoms with Crippen LogP contribution >= 0.6 is 0 Å². The zero-order valence-electron chi connectivity index (χ0n) is 10.9. The Labute approximate surface area is 110 Å². The average Bonchev–Trinajstić information content (AvgIpc) is 3.02. The van der Waals surface area contributed by atoms with Gasteiger partial charge in [-0.15, -0.1) is 5.10 Å². The molecule has 0 saturated heterocycles. The number of hydrogen-bond acceptors (Lipinski definition) is 4. The number of carboxylic acid groups (broad SMARTS) is 1. The minimum absolute atomic E-state index is 0.203. The molecule has 7 nitrogen and oxygen atoms in total. The lowest BCUT2D eigenvalue weighted by molar-refractivity contribution is -0.137. The van der Waals surface area contributed by atoms with E-state index in [4.69, 9.17) is 5.11 Å². The fourth-order valence-electron chi connectivity index (χ4n) is 1.76. The maximum absolute atomic E-state index is 10.4. The molecule has 2 aromatic heterocycles. The van der Waals surface area contributed by atoms with E-state index in [0.29, 0.717) is 6.42 Å². The van der Waals surface area contributed by atoms with E-state index < -0.39 is 5.97 Å². The van der Waals surface area contributed by atoms with Gasteiger partial charge in [0.05, 0.1) is 11.9 Å². The molecule has 1 N–H and O–H groups in total. The minimum Gasteiger partial charge on any atom is -0.481 e. The number of nitrogens with zero attached hydrogens (tertiary/aromatic N) is 5. The summed E-state index contributed by atoms with van der Waals surface area (Å²) in [5.74, 6) is -0.0140. The zero-order valence-corrected chi connectivity index (χ0v) is 10.9. The normalized spacial score (nSPS) is 10.8. The van der Waals surface area contributed by atoms with Gasteiger partial charge >= 0.3 is 5.97 Å². The SMILES string of the molecule is CCn1ccc(-n2cc(CCCCC(=O)O)nn2)n1. The highest BCUT2D eigenvalue weighted by Crippen LogP contribution is 2.07. The number of carboxylic acids is 1. The number of hydrogen-bond donors (Lipinski definition) is 1. The number of aliphatic carboxylic acids is 1. The highest BCUT2D eigenvalue weighted by molar-refractivity contribution is 5.66. The Morgan fingerprint density at radius 1 is 1.42 bits per heavy atom. The molecular weight excluding hydrogens is 246 g/mol. The van der Waals surface area contributed by atoms with Crippen LogP contribution in [-0.4, -0.2) is 35.9 Å². The van der Waals surface area contributed by atoms with Gasteiger partial charge in [0, 0.05) is 25.2 Å². The fourth-order valence-corrected chi connectivity index (χ4v) is 1.76. The van der Waals surface area contributed by atoms with E-state index in [1.54, 1.807) is 4.68 Å². The van der Waals surface area contributed by atoms with Gasteiger partial charge < -0.3 is 5.11 Å². The van der Waals surface area contributed by atoms with Crippen LogP contribution in [0.4, 0.5) is 0 Å². The lowest BCUT2D eigenvalue weighted by Gasteiger charge is -1.95. The van der Waals surface area contributed by atoms with Crippen molar-refractivity contribution in [1.82, 2.24) is 24.8 Å². The summed E-state index contributed by atoms with van der Waals surface area (Å²) in [5.41, 5.74) is 0.858. The van der Waals surface area contributed by atoms with Crippen molar-refractivity contribution in [3.05, 3.63) is 24.2 Å². The predicted octanol–water partition coefficient (Wildman–Crippen LogP) is 1.28. The second-order valence-corrected chi connectivity index (χ2v) is 4.28. The quantitative estimate of drug-likeness (QED) is 0.760. The minimum atomic E-state index is -0.756. The summed E-state index contributed by atoms with van der Waals surface area (Å²) >= 11 is 0. The van der Waals surface area contributed by atoms with Crippen LogP contribution in [0.5, 0.6) is 0 Å². The largest absolute Gasteiger partial charge is 0.481 e. The molecule has 19 heavy (non-hydrogen) atoms. The molecule has 0 bridgehead atoms. The standard InChI is InChI=1S/C12H17N5O2/c1-2-16-8-7-11(14-16)17-9-10(13-15-17)5-3-4-6-12(18)19/h7-9H,2-6H2,1H3,(H,18,19). The highest BCUT2D eigenvalue weighted by Gasteiger charge is 2.06. The molecule has 0 fully saturated rings. The molecule has 0 radical (unpaired) electrons. The van der Waals surface area contributed by atoms with Crippen LogP contribution in [0, 0.1) is 0 Å². The predicted molar refractivity (Wildman–Crippen MR) is 68.0 cm³/mol. The van der Waals surface area contributed by atoms with Crippen molar-refractivity contribution in [3.63, 3.8) is 0 Å². The van der Waals surface area contributed by atoms with Crippen molar-refractivity contribution >= 4 is 5.97 Å². The van der Waals surface area contributed by atoms with E-state index in [2.05, 4.69) is 15.4 Å². The summed E-state index contributed by atoms with van der Waals surface area (Å²) in [5, 5.41) is 21.0. The molecular formula is C12H17N5O2. The molecule has 0 aliphatic rings. The summed E-state index contributed by atoms with van der Waals surface area (Å²) in [7, 11) is 0. The molecule has 0 aliphatic carbocycles. The van der Waals surface area contributed by atoms with E-state index in [0.717, 1.165) is 30.9 Å². The third-order valence-corrected chi connectivity index (χ3v) is 2.80. The van der Waals surface area contributed by atoms with E-state index >= 15 is 0 Å². The first-order valence-corrected chi connectivity index (χ1v) is 6.36. The number of aryl methyl sites for hydroxylation is 2. The molecule has 0 aliphatic heterocycles. The first kappa shape index (κ1) is 13.3. The molecule has 2 aromatic rings. The summed E-state index contributed by atoms with van der Waals surface area (Å²) in [6, 6.07) is 1.88. The summed E-state index contributed by atoms with van der Waals surface area (Å²) in [6.45, 7) is 2.84. The van der Waals surface area contributed by atoms with Gasteiger partial charge in [0.2, 0.25) is 0 Å². The lowest BCUT2D eigenvalue weighted by atomic mass is 10.1. The van der Waals surface area contributed by atoms with Crippen LogP contribution in [0.1, 0.15) is 31.9 Å². The van der Waals surface area contributed by atoms with Crippen molar-refractivity contribution < 1.29 is 9.90 Å². The van der Waals surface area contributed by atoms with Crippen molar-refractivity contribution in [1.29, 1.82) is 0 Å². The van der Waals surface area contributed by atoms with Gasteiger partial charge in [0.15, 0.2) is 5.82 Å². The van der Waals surface area contributed by atoms with E-state index in [1.165, 1.54) is 0 Å². The average molecular weight is 263 g/mol. The van der Waals surface area contributed by atoms with Crippen LogP contribution in [-0.2, 0) is 17.8 Å². The monoisotopic (exact) mass is 263 g/mol. The Balaban J connectivity index is 1.89. The maximum Gasteiger partial charge on any atom is 0.303 e. The van der Waals surface area contributed by atoms with Crippen LogP contribution < -0.4 is 0 Å². The van der Waals surface area contributed by atoms with Gasteiger partial charge in [-0.1, -0.05) is 5.21 Å². The van der Waals surface area contributed by atoms with Crippen molar-refractivity contribution in [3.8, 4) is 5.82 Å². The molecule has 0 saturated carbocycles. The van der Waals surface area contributed by atoms with Crippen LogP contribution in [0.2, 0.25) is 0 Å². The second-order valence-electron chi connectivity index (χ2n) is 4.28. The summed E-state index contributed by atoms with van der Waals surface area (Å²) in [4.78, 5) is 10.4. The van der Waals surface area contributed by atoms with Gasteiger partial charge in [0.1, 0.15) is 0 Å². The van der Waals surface area contributed by atoms with Crippen molar-refractivity contribution in [2.45, 2.75) is 39.2 Å². The maximum atomic E-state index is 10.4. The van der Waals surface area contributed by atoms with Gasteiger partial charge in [-0.05, 0) is 26.2 Å². The van der Waals surface area contributed by atoms with Gasteiger partial charge in [-0.2, -0.15) is 5.10 Å². The number of carbonyl (C=O) groups is 1. The number of unbranched alkanes of at least 4 members (excludes halogenated alkanes) is 1. The smallest absolute Gasteiger partial charge is 0.303 e. The third-order valence-electron chi connectivity index (χ3n) is 2.80. The van der Waals surface area contributed by atoms with Crippen LogP contribution in [0.25, 0.3) is 5.82 Å². The van der Waals surface area contributed by atoms with E-state index in [-0.39, 0.29) is 6.42 Å².